The van der Waals surface area contributed by atoms with Crippen LogP contribution in [0.15, 0.2) is 94.5 Å². The van der Waals surface area contributed by atoms with Crippen molar-refractivity contribution in [3.63, 3.8) is 0 Å². The molecule has 0 atom stereocenters. The van der Waals surface area contributed by atoms with Crippen molar-refractivity contribution in [2.75, 3.05) is 0 Å². The second-order valence-electron chi connectivity index (χ2n) is 5.69. The zero-order chi connectivity index (χ0) is 17.8. The maximum absolute atomic E-state index is 4.67. The molecule has 126 valence electrons. The Morgan fingerprint density at radius 2 is 1.19 bits per heavy atom. The van der Waals surface area contributed by atoms with Crippen molar-refractivity contribution in [3.05, 3.63) is 95.0 Å². The smallest absolute Gasteiger partial charge is 0.185 e. The maximum atomic E-state index is 4.67. The Labute approximate surface area is 160 Å². The van der Waals surface area contributed by atoms with Gasteiger partial charge in [0.1, 0.15) is 0 Å². The highest BCUT2D eigenvalue weighted by Gasteiger charge is 2.14. The largest absolute Gasteiger partial charge is 0.192 e. The number of hydrogen-bond donors (Lipinski definition) is 0. The van der Waals surface area contributed by atoms with Gasteiger partial charge in [0.2, 0.25) is 0 Å². The fraction of sp³-hybridized carbons (Fsp3) is 0. The molecule has 0 amide bonds. The van der Waals surface area contributed by atoms with Crippen LogP contribution in [0.1, 0.15) is 5.56 Å². The van der Waals surface area contributed by atoms with Gasteiger partial charge in [0.25, 0.3) is 0 Å². The summed E-state index contributed by atoms with van der Waals surface area (Å²) in [7, 11) is 0. The first-order valence-corrected chi connectivity index (χ1v) is 8.97. The minimum atomic E-state index is 0.706. The molecule has 4 nitrogen and oxygen atoms in total. The first kappa shape index (κ1) is 16.4. The molecule has 0 aliphatic heterocycles. The monoisotopic (exact) mass is 402 g/mol. The van der Waals surface area contributed by atoms with Gasteiger partial charge in [-0.05, 0) is 17.7 Å². The molecule has 0 N–H and O–H groups in total. The van der Waals surface area contributed by atoms with E-state index in [1.54, 1.807) is 4.68 Å². The van der Waals surface area contributed by atoms with Gasteiger partial charge in [-0.3, -0.25) is 0 Å². The van der Waals surface area contributed by atoms with Gasteiger partial charge >= 0.3 is 0 Å². The Hall–Kier alpha value is -3.05. The Bertz CT molecular complexity index is 966. The highest BCUT2D eigenvalue weighted by atomic mass is 79.9. The summed E-state index contributed by atoms with van der Waals surface area (Å²) in [6.45, 7) is 0. The number of aromatic nitrogens is 3. The van der Waals surface area contributed by atoms with E-state index in [0.717, 1.165) is 21.2 Å². The molecule has 0 aliphatic carbocycles. The van der Waals surface area contributed by atoms with Crippen molar-refractivity contribution < 1.29 is 0 Å². The van der Waals surface area contributed by atoms with Gasteiger partial charge in [0.15, 0.2) is 11.6 Å². The number of rotatable bonds is 4. The topological polar surface area (TPSA) is 43.1 Å². The molecule has 0 aliphatic rings. The van der Waals surface area contributed by atoms with Crippen molar-refractivity contribution in [1.29, 1.82) is 0 Å². The third-order valence-electron chi connectivity index (χ3n) is 3.90. The van der Waals surface area contributed by atoms with Gasteiger partial charge in [-0.25, -0.2) is 0 Å². The third-order valence-corrected chi connectivity index (χ3v) is 4.43. The van der Waals surface area contributed by atoms with Crippen LogP contribution in [0.5, 0.6) is 0 Å². The van der Waals surface area contributed by atoms with Crippen molar-refractivity contribution in [2.45, 2.75) is 0 Å². The first-order valence-electron chi connectivity index (χ1n) is 8.17. The number of nitrogens with zero attached hydrogens (tertiary/aromatic N) is 4. The van der Waals surface area contributed by atoms with Crippen LogP contribution in [0.25, 0.3) is 22.8 Å². The molecule has 0 saturated carbocycles. The molecule has 0 bridgehead atoms. The molecule has 0 unspecified atom stereocenters. The summed E-state index contributed by atoms with van der Waals surface area (Å²) >= 11 is 3.45. The van der Waals surface area contributed by atoms with Gasteiger partial charge in [0.05, 0.1) is 6.21 Å². The fourth-order valence-electron chi connectivity index (χ4n) is 2.60. The lowest BCUT2D eigenvalue weighted by Gasteiger charge is -2.05. The van der Waals surface area contributed by atoms with E-state index in [1.807, 2.05) is 91.1 Å². The van der Waals surface area contributed by atoms with E-state index < -0.39 is 0 Å². The fourth-order valence-corrected chi connectivity index (χ4v) is 2.86. The van der Waals surface area contributed by atoms with E-state index in [1.165, 1.54) is 0 Å². The maximum Gasteiger partial charge on any atom is 0.185 e. The predicted molar refractivity (Wildman–Crippen MR) is 108 cm³/mol. The number of benzene rings is 3. The lowest BCUT2D eigenvalue weighted by molar-refractivity contribution is 0.898. The van der Waals surface area contributed by atoms with Crippen LogP contribution in [-0.2, 0) is 0 Å². The van der Waals surface area contributed by atoms with Crippen molar-refractivity contribution in [1.82, 2.24) is 14.9 Å². The Kier molecular flexibility index (Phi) is 4.71. The molecule has 4 rings (SSSR count). The van der Waals surface area contributed by atoms with Crippen LogP contribution in [0.4, 0.5) is 0 Å². The molecule has 0 saturated heterocycles. The van der Waals surface area contributed by atoms with Gasteiger partial charge < -0.3 is 0 Å². The van der Waals surface area contributed by atoms with Gasteiger partial charge in [-0.15, -0.1) is 10.2 Å². The molecule has 0 radical (unpaired) electrons. The van der Waals surface area contributed by atoms with Gasteiger partial charge in [-0.1, -0.05) is 88.7 Å². The average Bonchev–Trinajstić information content (AvgIpc) is 3.13. The normalized spacial score (nSPS) is 11.1. The zero-order valence-electron chi connectivity index (χ0n) is 13.8. The standard InChI is InChI=1S/C21H15BrN4/c22-19-13-11-16(12-14-19)15-23-26-20(17-7-3-1-4-8-17)24-25-21(26)18-9-5-2-6-10-18/h1-15H. The lowest BCUT2D eigenvalue weighted by Crippen LogP contribution is -1.97. The summed E-state index contributed by atoms with van der Waals surface area (Å²) in [5.74, 6) is 1.41. The summed E-state index contributed by atoms with van der Waals surface area (Å²) < 4.78 is 2.82. The van der Waals surface area contributed by atoms with E-state index in [0.29, 0.717) is 11.6 Å². The van der Waals surface area contributed by atoms with E-state index >= 15 is 0 Å². The SMILES string of the molecule is Brc1ccc(C=Nn2c(-c3ccccc3)nnc2-c2ccccc2)cc1. The summed E-state index contributed by atoms with van der Waals surface area (Å²) in [4.78, 5) is 0. The molecule has 4 aromatic rings. The minimum absolute atomic E-state index is 0.706. The predicted octanol–water partition coefficient (Wildman–Crippen LogP) is 5.26. The van der Waals surface area contributed by atoms with Crippen molar-refractivity contribution >= 4 is 22.1 Å². The average molecular weight is 403 g/mol. The molecular formula is C21H15BrN4. The second-order valence-corrected chi connectivity index (χ2v) is 6.60. The van der Waals surface area contributed by atoms with Crippen LogP contribution in [0.3, 0.4) is 0 Å². The molecular weight excluding hydrogens is 388 g/mol. The number of hydrogen-bond acceptors (Lipinski definition) is 3. The Morgan fingerprint density at radius 3 is 1.69 bits per heavy atom. The van der Waals surface area contributed by atoms with Crippen molar-refractivity contribution in [3.8, 4) is 22.8 Å². The highest BCUT2D eigenvalue weighted by Crippen LogP contribution is 2.24. The van der Waals surface area contributed by atoms with E-state index in [2.05, 4.69) is 31.2 Å². The highest BCUT2D eigenvalue weighted by molar-refractivity contribution is 9.10. The minimum Gasteiger partial charge on any atom is -0.192 e. The molecule has 3 aromatic carbocycles. The molecule has 26 heavy (non-hydrogen) atoms. The van der Waals surface area contributed by atoms with Crippen LogP contribution in [0.2, 0.25) is 0 Å². The zero-order valence-corrected chi connectivity index (χ0v) is 15.4. The van der Waals surface area contributed by atoms with Crippen LogP contribution < -0.4 is 0 Å². The van der Waals surface area contributed by atoms with Crippen LogP contribution in [-0.4, -0.2) is 21.1 Å². The van der Waals surface area contributed by atoms with Gasteiger partial charge in [0, 0.05) is 15.6 Å². The van der Waals surface area contributed by atoms with E-state index in [4.69, 9.17) is 0 Å². The second kappa shape index (κ2) is 7.45. The van der Waals surface area contributed by atoms with Crippen molar-refractivity contribution in [2.24, 2.45) is 5.10 Å². The summed E-state index contributed by atoms with van der Waals surface area (Å²) in [5.41, 5.74) is 2.94. The molecule has 5 heteroatoms. The summed E-state index contributed by atoms with van der Waals surface area (Å²) in [6, 6.07) is 27.9. The third kappa shape index (κ3) is 3.48. The molecule has 1 heterocycles. The van der Waals surface area contributed by atoms with E-state index in [9.17, 15) is 0 Å². The van der Waals surface area contributed by atoms with E-state index in [-0.39, 0.29) is 0 Å². The lowest BCUT2D eigenvalue weighted by atomic mass is 10.2. The summed E-state index contributed by atoms with van der Waals surface area (Å²) in [5, 5.41) is 13.4. The quantitative estimate of drug-likeness (QED) is 0.437. The van der Waals surface area contributed by atoms with Crippen LogP contribution >= 0.6 is 15.9 Å². The summed E-state index contributed by atoms with van der Waals surface area (Å²) in [6.07, 6.45) is 1.81. The van der Waals surface area contributed by atoms with Crippen LogP contribution in [0, 0.1) is 0 Å². The molecule has 0 fully saturated rings. The Morgan fingerprint density at radius 1 is 0.692 bits per heavy atom. The first-order chi connectivity index (χ1) is 12.8. The molecule has 0 spiro atoms. The Balaban J connectivity index is 1.81. The number of halogens is 1. The molecule has 1 aromatic heterocycles. The van der Waals surface area contributed by atoms with Gasteiger partial charge in [-0.2, -0.15) is 9.78 Å².